The second-order valence-corrected chi connectivity index (χ2v) is 4.35. The van der Waals surface area contributed by atoms with Crippen molar-refractivity contribution in [3.63, 3.8) is 0 Å². The van der Waals surface area contributed by atoms with Crippen LogP contribution in [0.2, 0.25) is 0 Å². The van der Waals surface area contributed by atoms with Gasteiger partial charge in [0.25, 0.3) is 0 Å². The number of anilines is 1. The Hall–Kier alpha value is -2.56. The highest BCUT2D eigenvalue weighted by Crippen LogP contribution is 2.21. The zero-order chi connectivity index (χ0) is 14.5. The molecule has 2 rings (SSSR count). The lowest BCUT2D eigenvalue weighted by Gasteiger charge is -2.19. The zero-order valence-electron chi connectivity index (χ0n) is 11.4. The van der Waals surface area contributed by atoms with Crippen molar-refractivity contribution < 1.29 is 14.6 Å². The van der Waals surface area contributed by atoms with Crippen LogP contribution in [0.4, 0.5) is 5.82 Å². The third-order valence-electron chi connectivity index (χ3n) is 2.94. The van der Waals surface area contributed by atoms with Gasteiger partial charge in [0.1, 0.15) is 11.6 Å². The van der Waals surface area contributed by atoms with E-state index in [1.165, 1.54) is 6.07 Å². The van der Waals surface area contributed by atoms with E-state index in [4.69, 9.17) is 9.84 Å². The predicted molar refractivity (Wildman–Crippen MR) is 76.3 cm³/mol. The monoisotopic (exact) mass is 272 g/mol. The number of aromatic carboxylic acids is 1. The third-order valence-corrected chi connectivity index (χ3v) is 2.94. The van der Waals surface area contributed by atoms with Crippen molar-refractivity contribution in [3.05, 3.63) is 53.7 Å². The molecule has 1 aromatic carbocycles. The van der Waals surface area contributed by atoms with Crippen molar-refractivity contribution in [2.45, 2.75) is 6.54 Å². The normalized spacial score (nSPS) is 10.1. The van der Waals surface area contributed by atoms with E-state index in [0.717, 1.165) is 11.3 Å². The highest BCUT2D eigenvalue weighted by atomic mass is 16.5. The summed E-state index contributed by atoms with van der Waals surface area (Å²) in [5, 5.41) is 8.96. The number of nitrogens with zero attached hydrogens (tertiary/aromatic N) is 2. The molecule has 5 nitrogen and oxygen atoms in total. The molecular formula is C15H16N2O3. The highest BCUT2D eigenvalue weighted by molar-refractivity contribution is 5.85. The standard InChI is InChI=1S/C15H16N2O3/c1-17(10-11-6-3-4-8-13(11)20-2)14-9-5-7-12(16-14)15(18)19/h3-9H,10H2,1-2H3,(H,18,19). The number of benzene rings is 1. The fourth-order valence-electron chi connectivity index (χ4n) is 1.93. The molecule has 20 heavy (non-hydrogen) atoms. The quantitative estimate of drug-likeness (QED) is 0.905. The summed E-state index contributed by atoms with van der Waals surface area (Å²) in [7, 11) is 3.49. The molecule has 0 aliphatic heterocycles. The molecule has 2 aromatic rings. The van der Waals surface area contributed by atoms with E-state index in [1.807, 2.05) is 36.2 Å². The van der Waals surface area contributed by atoms with Crippen LogP contribution >= 0.6 is 0 Å². The number of aromatic nitrogens is 1. The SMILES string of the molecule is COc1ccccc1CN(C)c1cccc(C(=O)O)n1. The smallest absolute Gasteiger partial charge is 0.354 e. The molecule has 1 heterocycles. The van der Waals surface area contributed by atoms with E-state index in [2.05, 4.69) is 4.98 Å². The summed E-state index contributed by atoms with van der Waals surface area (Å²) in [4.78, 5) is 16.9. The summed E-state index contributed by atoms with van der Waals surface area (Å²) in [6.07, 6.45) is 0. The number of rotatable bonds is 5. The predicted octanol–water partition coefficient (Wildman–Crippen LogP) is 2.42. The van der Waals surface area contributed by atoms with Gasteiger partial charge in [-0.3, -0.25) is 0 Å². The molecule has 0 radical (unpaired) electrons. The highest BCUT2D eigenvalue weighted by Gasteiger charge is 2.10. The minimum Gasteiger partial charge on any atom is -0.496 e. The number of hydrogen-bond donors (Lipinski definition) is 1. The van der Waals surface area contributed by atoms with Crippen LogP contribution in [0.5, 0.6) is 5.75 Å². The van der Waals surface area contributed by atoms with E-state index < -0.39 is 5.97 Å². The van der Waals surface area contributed by atoms with Crippen LogP contribution < -0.4 is 9.64 Å². The van der Waals surface area contributed by atoms with Crippen molar-refractivity contribution in [2.24, 2.45) is 0 Å². The Morgan fingerprint density at radius 2 is 2.00 bits per heavy atom. The Kier molecular flexibility index (Phi) is 4.20. The van der Waals surface area contributed by atoms with Crippen LogP contribution in [-0.4, -0.2) is 30.2 Å². The van der Waals surface area contributed by atoms with Crippen LogP contribution in [0.3, 0.4) is 0 Å². The number of para-hydroxylation sites is 1. The first-order valence-electron chi connectivity index (χ1n) is 6.15. The summed E-state index contributed by atoms with van der Waals surface area (Å²) in [6, 6.07) is 12.6. The molecule has 0 unspecified atom stereocenters. The lowest BCUT2D eigenvalue weighted by Crippen LogP contribution is -2.19. The van der Waals surface area contributed by atoms with Crippen molar-refractivity contribution in [2.75, 3.05) is 19.1 Å². The first-order valence-corrected chi connectivity index (χ1v) is 6.15. The van der Waals surface area contributed by atoms with Gasteiger partial charge < -0.3 is 14.7 Å². The lowest BCUT2D eigenvalue weighted by atomic mass is 10.2. The van der Waals surface area contributed by atoms with Crippen molar-refractivity contribution in [1.29, 1.82) is 0 Å². The maximum absolute atomic E-state index is 10.9. The van der Waals surface area contributed by atoms with Crippen LogP contribution in [-0.2, 0) is 6.54 Å². The molecule has 0 aliphatic carbocycles. The molecule has 0 saturated heterocycles. The van der Waals surface area contributed by atoms with Crippen molar-refractivity contribution in [3.8, 4) is 5.75 Å². The third kappa shape index (κ3) is 3.06. The summed E-state index contributed by atoms with van der Waals surface area (Å²) < 4.78 is 5.30. The van der Waals surface area contributed by atoms with Gasteiger partial charge in [-0.1, -0.05) is 24.3 Å². The fraction of sp³-hybridized carbons (Fsp3) is 0.200. The average molecular weight is 272 g/mol. The molecule has 104 valence electrons. The van der Waals surface area contributed by atoms with Gasteiger partial charge in [-0.05, 0) is 18.2 Å². The molecule has 0 atom stereocenters. The number of methoxy groups -OCH3 is 1. The van der Waals surface area contributed by atoms with E-state index in [-0.39, 0.29) is 5.69 Å². The van der Waals surface area contributed by atoms with Gasteiger partial charge in [0.15, 0.2) is 5.69 Å². The van der Waals surface area contributed by atoms with E-state index >= 15 is 0 Å². The van der Waals surface area contributed by atoms with Gasteiger partial charge in [-0.15, -0.1) is 0 Å². The van der Waals surface area contributed by atoms with Crippen molar-refractivity contribution >= 4 is 11.8 Å². The fourth-order valence-corrected chi connectivity index (χ4v) is 1.93. The van der Waals surface area contributed by atoms with Crippen LogP contribution in [0.25, 0.3) is 0 Å². The first kappa shape index (κ1) is 13.9. The maximum Gasteiger partial charge on any atom is 0.354 e. The molecular weight excluding hydrogens is 256 g/mol. The second-order valence-electron chi connectivity index (χ2n) is 4.35. The minimum atomic E-state index is -1.03. The van der Waals surface area contributed by atoms with Gasteiger partial charge in [0.2, 0.25) is 0 Å². The first-order chi connectivity index (χ1) is 9.61. The number of carboxylic acid groups (broad SMARTS) is 1. The molecule has 0 fully saturated rings. The number of pyridine rings is 1. The Bertz CT molecular complexity index is 614. The Balaban J connectivity index is 2.21. The van der Waals surface area contributed by atoms with Crippen LogP contribution in [0.15, 0.2) is 42.5 Å². The Morgan fingerprint density at radius 1 is 1.25 bits per heavy atom. The van der Waals surface area contributed by atoms with Gasteiger partial charge in [-0.2, -0.15) is 0 Å². The number of carboxylic acids is 1. The summed E-state index contributed by atoms with van der Waals surface area (Å²) in [5.41, 5.74) is 1.05. The molecule has 5 heteroatoms. The van der Waals surface area contributed by atoms with Gasteiger partial charge in [-0.25, -0.2) is 9.78 Å². The second kappa shape index (κ2) is 6.06. The molecule has 0 saturated carbocycles. The van der Waals surface area contributed by atoms with Gasteiger partial charge in [0.05, 0.1) is 7.11 Å². The molecule has 0 amide bonds. The molecule has 0 spiro atoms. The topological polar surface area (TPSA) is 62.7 Å². The Morgan fingerprint density at radius 3 is 2.70 bits per heavy atom. The van der Waals surface area contributed by atoms with E-state index in [9.17, 15) is 4.79 Å². The molecule has 0 aliphatic rings. The number of hydrogen-bond acceptors (Lipinski definition) is 4. The van der Waals surface area contributed by atoms with E-state index in [1.54, 1.807) is 19.2 Å². The molecule has 1 aromatic heterocycles. The number of carbonyl (C=O) groups is 1. The summed E-state index contributed by atoms with van der Waals surface area (Å²) >= 11 is 0. The number of ether oxygens (including phenoxy) is 1. The van der Waals surface area contributed by atoms with Gasteiger partial charge in [0, 0.05) is 19.2 Å². The minimum absolute atomic E-state index is 0.0365. The van der Waals surface area contributed by atoms with Crippen LogP contribution in [0.1, 0.15) is 16.1 Å². The molecule has 1 N–H and O–H groups in total. The van der Waals surface area contributed by atoms with E-state index in [0.29, 0.717) is 12.4 Å². The maximum atomic E-state index is 10.9. The summed E-state index contributed by atoms with van der Waals surface area (Å²) in [5.74, 6) is 0.377. The van der Waals surface area contributed by atoms with Crippen molar-refractivity contribution in [1.82, 2.24) is 4.98 Å². The average Bonchev–Trinajstić information content (AvgIpc) is 2.48. The summed E-state index contributed by atoms with van der Waals surface area (Å²) in [6.45, 7) is 0.583. The molecule has 0 bridgehead atoms. The largest absolute Gasteiger partial charge is 0.496 e. The Labute approximate surface area is 117 Å². The van der Waals surface area contributed by atoms with Gasteiger partial charge >= 0.3 is 5.97 Å². The lowest BCUT2D eigenvalue weighted by molar-refractivity contribution is 0.0690. The van der Waals surface area contributed by atoms with Crippen LogP contribution in [0, 0.1) is 0 Å². The zero-order valence-corrected chi connectivity index (χ0v) is 11.4.